The van der Waals surface area contributed by atoms with Gasteiger partial charge in [-0.25, -0.2) is 0 Å². The molecule has 0 unspecified atom stereocenters. The zero-order valence-electron chi connectivity index (χ0n) is 3.20. The van der Waals surface area contributed by atoms with E-state index >= 15 is 0 Å². The van der Waals surface area contributed by atoms with Crippen molar-refractivity contribution in [1.82, 2.24) is 15.2 Å². The van der Waals surface area contributed by atoms with E-state index in [0.717, 1.165) is 0 Å². The average molecular weight is 335 g/mol. The van der Waals surface area contributed by atoms with Crippen molar-refractivity contribution >= 4 is 0 Å². The molecule has 0 saturated carbocycles. The molecule has 0 N–H and O–H groups in total. The largest absolute Gasteiger partial charge is 0.432 e. The summed E-state index contributed by atoms with van der Waals surface area (Å²) in [6, 6.07) is 0. The van der Waals surface area contributed by atoms with Crippen LogP contribution in [0.1, 0.15) is 0 Å². The first-order valence-corrected chi connectivity index (χ1v) is 1.23. The van der Waals surface area contributed by atoms with Gasteiger partial charge in [0, 0.05) is 6.33 Å². The molecule has 1 rings (SSSR count). The molecule has 0 saturated heterocycles. The van der Waals surface area contributed by atoms with Crippen LogP contribution >= 0.6 is 0 Å². The Balaban J connectivity index is 0.000000250. The van der Waals surface area contributed by atoms with E-state index < -0.39 is 0 Å². The van der Waals surface area contributed by atoms with Crippen LogP contribution in [0.2, 0.25) is 0 Å². The normalized spacial score (nSPS) is 6.67. The smallest absolute Gasteiger partial charge is 0.0119 e. The summed E-state index contributed by atoms with van der Waals surface area (Å²) in [5, 5.41) is 6.72. The summed E-state index contributed by atoms with van der Waals surface area (Å²) < 4.78 is 0. The molecule has 28 valence electrons. The fourth-order valence-electron chi connectivity index (χ4n) is 0.149. The molecule has 1 aromatic rings. The van der Waals surface area contributed by atoms with Gasteiger partial charge in [-0.05, 0) is 0 Å². The molecule has 0 bridgehead atoms. The van der Waals surface area contributed by atoms with Crippen LogP contribution in [-0.2, 0) is 0 Å². The van der Waals surface area contributed by atoms with Gasteiger partial charge >= 0.3 is 0 Å². The molecule has 0 aliphatic heterocycles. The first-order chi connectivity index (χ1) is 2.50. The minimum atomic E-state index is 0. The third-order valence-electron chi connectivity index (χ3n) is 0.303. The Labute approximate surface area is 29.0 Å². The number of hydrogen-bond donors (Lipinski definition) is 0. The minimum absolute atomic E-state index is 0. The number of rotatable bonds is 0. The Bertz CT molecular complexity index is 65.3. The van der Waals surface area contributed by atoms with Crippen LogP contribution in [0.4, 0.5) is 0 Å². The first kappa shape index (κ1) is 4.14. The second-order valence-electron chi connectivity index (χ2n) is 0.611. The monoisotopic (exact) mass is 335 g/mol. The zero-order chi connectivity index (χ0) is 3.54. The minimum Gasteiger partial charge on any atom is -0.432 e. The summed E-state index contributed by atoms with van der Waals surface area (Å²) in [6.07, 6.45) is 2.78. The van der Waals surface area contributed by atoms with Gasteiger partial charge in [0.05, 0.1) is 0 Å². The van der Waals surface area contributed by atoms with E-state index in [0.29, 0.717) is 0 Å². The maximum atomic E-state index is 3.50. The van der Waals surface area contributed by atoms with Crippen LogP contribution < -0.4 is 5.10 Å². The van der Waals surface area contributed by atoms with Crippen LogP contribution in [0.5, 0.6) is 0 Å². The Morgan fingerprint density at radius 3 is 2.50 bits per heavy atom. The van der Waals surface area contributed by atoms with Crippen molar-refractivity contribution in [3.8, 4) is 0 Å². The van der Waals surface area contributed by atoms with Crippen LogP contribution in [0.15, 0.2) is 12.7 Å². The molecule has 6 heavy (non-hydrogen) atoms. The Kier molecular flexibility index (Phi) is 1.01. The van der Waals surface area contributed by atoms with Gasteiger partial charge < -0.3 is 10.1 Å². The van der Waals surface area contributed by atoms with Crippen molar-refractivity contribution in [3.05, 3.63) is 12.7 Å². The van der Waals surface area contributed by atoms with E-state index in [1.54, 1.807) is 0 Å². The number of nitrogens with zero attached hydrogens (tertiary/aromatic N) is 3. The van der Waals surface area contributed by atoms with Crippen LogP contribution in [0, 0.1) is 0 Å². The SMILES string of the molecule is [Rf].c1nc[n-]n1. The van der Waals surface area contributed by atoms with E-state index in [4.69, 9.17) is 0 Å². The third-order valence-corrected chi connectivity index (χ3v) is 0.303. The molecule has 0 amide bonds. The Morgan fingerprint density at radius 2 is 2.33 bits per heavy atom. The van der Waals surface area contributed by atoms with Crippen molar-refractivity contribution in [2.45, 2.75) is 0 Å². The van der Waals surface area contributed by atoms with Crippen molar-refractivity contribution in [2.24, 2.45) is 0 Å². The number of hydrogen-bond acceptors (Lipinski definition) is 2. The predicted octanol–water partition coefficient (Wildman–Crippen LogP) is -0.566. The molecule has 4 heteroatoms. The topological polar surface area (TPSA) is 39.9 Å². The summed E-state index contributed by atoms with van der Waals surface area (Å²) in [5.74, 6) is 0. The maximum absolute atomic E-state index is 3.50. The van der Waals surface area contributed by atoms with Crippen molar-refractivity contribution in [3.63, 3.8) is 0 Å². The van der Waals surface area contributed by atoms with Crippen LogP contribution in [0.25, 0.3) is 0 Å². The van der Waals surface area contributed by atoms with Gasteiger partial charge in [-0.2, -0.15) is 0 Å². The van der Waals surface area contributed by atoms with Gasteiger partial charge in [0.15, 0.2) is 0 Å². The zero-order valence-corrected chi connectivity index (χ0v) is 9.60. The molecule has 0 fully saturated rings. The summed E-state index contributed by atoms with van der Waals surface area (Å²) >= 11 is 0. The van der Waals surface area contributed by atoms with E-state index in [1.165, 1.54) is 12.7 Å². The molecule has 0 spiro atoms. The fourth-order valence-corrected chi connectivity index (χ4v) is 0.149. The third kappa shape index (κ3) is 0.282. The molecule has 1 heterocycles. The standard InChI is InChI=1S/C2H2N3.Rf/c1-3-2-5-4-1;/h1-2H;/q-1;. The van der Waals surface area contributed by atoms with Crippen LogP contribution in [-0.4, -0.2) is 10.1 Å². The summed E-state index contributed by atoms with van der Waals surface area (Å²) in [7, 11) is 0. The molecule has 0 aromatic carbocycles. The summed E-state index contributed by atoms with van der Waals surface area (Å²) in [6.45, 7) is 0. The van der Waals surface area contributed by atoms with Gasteiger partial charge in [0.2, 0.25) is 0 Å². The van der Waals surface area contributed by atoms with E-state index in [9.17, 15) is 0 Å². The molecule has 0 aliphatic carbocycles. The van der Waals surface area contributed by atoms with Crippen molar-refractivity contribution in [2.75, 3.05) is 0 Å². The molecular formula is C2H2N3Rf-. The van der Waals surface area contributed by atoms with Crippen LogP contribution in [0.3, 0.4) is 0 Å². The van der Waals surface area contributed by atoms with Gasteiger partial charge in [-0.1, -0.05) is 6.33 Å². The Hall–Kier alpha value is -1.86. The van der Waals surface area contributed by atoms with Gasteiger partial charge in [0.1, 0.15) is 0 Å². The van der Waals surface area contributed by atoms with E-state index in [1.807, 2.05) is 0 Å². The fraction of sp³-hybridized carbons (Fsp3) is 0. The summed E-state index contributed by atoms with van der Waals surface area (Å²) in [5.41, 5.74) is 0. The second-order valence-corrected chi connectivity index (χ2v) is 0.611. The second kappa shape index (κ2) is 1.46. The van der Waals surface area contributed by atoms with Crippen molar-refractivity contribution < 1.29 is 0 Å². The van der Waals surface area contributed by atoms with E-state index in [2.05, 4.69) is 15.2 Å². The average Bonchev–Trinajstić information content (AvgIpc) is 1.76. The predicted molar refractivity (Wildman–Crippen MR) is 15.4 cm³/mol. The Morgan fingerprint density at radius 1 is 1.50 bits per heavy atom. The van der Waals surface area contributed by atoms with Crippen molar-refractivity contribution in [1.29, 1.82) is 0 Å². The number of aromatic nitrogens is 3. The van der Waals surface area contributed by atoms with Gasteiger partial charge in [-0.15, -0.1) is 0 Å². The quantitative estimate of drug-likeness (QED) is 0.638. The maximum Gasteiger partial charge on any atom is 0.0119 e. The van der Waals surface area contributed by atoms with E-state index in [-0.39, 0.29) is 0 Å². The molecule has 0 aliphatic rings. The summed E-state index contributed by atoms with van der Waals surface area (Å²) in [4.78, 5) is 3.50. The molecule has 3 nitrogen and oxygen atoms in total. The first-order valence-electron chi connectivity index (χ1n) is 1.23. The van der Waals surface area contributed by atoms with Gasteiger partial charge in [-0.3, -0.25) is 5.10 Å². The molecule has 1 aromatic heterocycles. The molecular weight excluding hydrogens is 333 g/mol. The van der Waals surface area contributed by atoms with Gasteiger partial charge in [0.25, 0.3) is 0 Å². The molecule has 0 atom stereocenters. The molecule has 0 radical (unpaired) electrons.